The number of nitrogens with one attached hydrogen (secondary N) is 1. The number of carbonyl (C=O) groups excluding carboxylic acids is 1. The molecule has 2 aromatic rings. The molecule has 1 aliphatic rings. The van der Waals surface area contributed by atoms with Crippen molar-refractivity contribution in [2.45, 2.75) is 13.0 Å². The summed E-state index contributed by atoms with van der Waals surface area (Å²) in [5, 5.41) is 11.8. The monoisotopic (exact) mass is 341 g/mol. The average Bonchev–Trinajstić information content (AvgIpc) is 2.97. The Morgan fingerprint density at radius 3 is 2.91 bits per heavy atom. The first kappa shape index (κ1) is 16.7. The second-order valence-corrected chi connectivity index (χ2v) is 5.46. The van der Waals surface area contributed by atoms with Gasteiger partial charge in [-0.3, -0.25) is 4.79 Å². The molecule has 8 heteroatoms. The zero-order chi connectivity index (χ0) is 14.8. The maximum Gasteiger partial charge on any atom is 0.276 e. The lowest BCUT2D eigenvalue weighted by molar-refractivity contribution is 0.0649. The molecule has 0 spiro atoms. The van der Waals surface area contributed by atoms with E-state index in [2.05, 4.69) is 15.6 Å². The van der Waals surface area contributed by atoms with Crippen LogP contribution in [0.2, 0.25) is 5.02 Å². The molecule has 0 unspecified atom stereocenters. The quantitative estimate of drug-likeness (QED) is 0.904. The molecule has 1 amide bonds. The van der Waals surface area contributed by atoms with Crippen molar-refractivity contribution in [2.24, 2.45) is 0 Å². The largest absolute Gasteiger partial charge is 0.332 e. The summed E-state index contributed by atoms with van der Waals surface area (Å²) in [6.07, 6.45) is 1.62. The number of rotatable bonds is 2. The van der Waals surface area contributed by atoms with Gasteiger partial charge in [-0.05, 0) is 19.1 Å². The molecule has 0 bridgehead atoms. The van der Waals surface area contributed by atoms with Crippen molar-refractivity contribution in [3.63, 3.8) is 0 Å². The standard InChI is InChI=1S/C14H16ClN5O.ClH/c1-10-8-16-6-7-19(10)14(21)12-9-20(18-17-12)13-5-3-2-4-11(13)15;/h2-5,9-10,16H,6-8H2,1H3;1H/t10-;/m1./s1. The van der Waals surface area contributed by atoms with Gasteiger partial charge < -0.3 is 10.2 Å². The van der Waals surface area contributed by atoms with Crippen LogP contribution in [0.15, 0.2) is 30.5 Å². The Kier molecular flexibility index (Phi) is 5.39. The van der Waals surface area contributed by atoms with Crippen molar-refractivity contribution in [2.75, 3.05) is 19.6 Å². The van der Waals surface area contributed by atoms with E-state index in [1.807, 2.05) is 30.0 Å². The second kappa shape index (κ2) is 7.09. The molecular formula is C14H17Cl2N5O. The first-order valence-corrected chi connectivity index (χ1v) is 7.23. The molecule has 1 aliphatic heterocycles. The number of amides is 1. The van der Waals surface area contributed by atoms with Gasteiger partial charge >= 0.3 is 0 Å². The molecule has 1 saturated heterocycles. The van der Waals surface area contributed by atoms with Crippen LogP contribution in [0.1, 0.15) is 17.4 Å². The maximum atomic E-state index is 12.5. The van der Waals surface area contributed by atoms with Crippen molar-refractivity contribution in [1.29, 1.82) is 0 Å². The van der Waals surface area contributed by atoms with E-state index in [1.54, 1.807) is 12.3 Å². The molecule has 1 aromatic heterocycles. The number of hydrogen-bond acceptors (Lipinski definition) is 4. The second-order valence-electron chi connectivity index (χ2n) is 5.05. The van der Waals surface area contributed by atoms with Crippen molar-refractivity contribution >= 4 is 29.9 Å². The lowest BCUT2D eigenvalue weighted by atomic mass is 10.2. The fraction of sp³-hybridized carbons (Fsp3) is 0.357. The third-order valence-corrected chi connectivity index (χ3v) is 3.89. The lowest BCUT2D eigenvalue weighted by Gasteiger charge is -2.33. The van der Waals surface area contributed by atoms with Gasteiger partial charge in [0.15, 0.2) is 5.69 Å². The number of aromatic nitrogens is 3. The van der Waals surface area contributed by atoms with Crippen LogP contribution >= 0.6 is 24.0 Å². The fourth-order valence-electron chi connectivity index (χ4n) is 2.41. The lowest BCUT2D eigenvalue weighted by Crippen LogP contribution is -2.52. The molecule has 22 heavy (non-hydrogen) atoms. The first-order valence-electron chi connectivity index (χ1n) is 6.86. The number of piperazine rings is 1. The maximum absolute atomic E-state index is 12.5. The zero-order valence-electron chi connectivity index (χ0n) is 12.1. The van der Waals surface area contributed by atoms with Gasteiger partial charge in [0.2, 0.25) is 0 Å². The number of hydrogen-bond donors (Lipinski definition) is 1. The Labute approximate surface area is 139 Å². The number of benzene rings is 1. The predicted octanol–water partition coefficient (Wildman–Crippen LogP) is 1.78. The highest BCUT2D eigenvalue weighted by atomic mass is 35.5. The van der Waals surface area contributed by atoms with Crippen LogP contribution in [0.4, 0.5) is 0 Å². The summed E-state index contributed by atoms with van der Waals surface area (Å²) in [6.45, 7) is 4.29. The molecule has 0 aliphatic carbocycles. The van der Waals surface area contributed by atoms with Crippen LogP contribution in [-0.2, 0) is 0 Å². The molecule has 1 atom stereocenters. The van der Waals surface area contributed by atoms with Crippen molar-refractivity contribution < 1.29 is 4.79 Å². The highest BCUT2D eigenvalue weighted by molar-refractivity contribution is 6.32. The SMILES string of the molecule is C[C@@H]1CNCCN1C(=O)c1cn(-c2ccccc2Cl)nn1.Cl. The Morgan fingerprint density at radius 1 is 1.41 bits per heavy atom. The van der Waals surface area contributed by atoms with Crippen LogP contribution in [0.5, 0.6) is 0 Å². The minimum atomic E-state index is -0.0951. The molecule has 3 rings (SSSR count). The number of para-hydroxylation sites is 1. The Morgan fingerprint density at radius 2 is 2.18 bits per heavy atom. The van der Waals surface area contributed by atoms with Crippen LogP contribution in [0.25, 0.3) is 5.69 Å². The topological polar surface area (TPSA) is 63.1 Å². The summed E-state index contributed by atoms with van der Waals surface area (Å²) in [4.78, 5) is 14.3. The van der Waals surface area contributed by atoms with Crippen molar-refractivity contribution in [3.05, 3.63) is 41.2 Å². The number of carbonyl (C=O) groups is 1. The summed E-state index contributed by atoms with van der Waals surface area (Å²) in [5.41, 5.74) is 1.04. The van der Waals surface area contributed by atoms with E-state index < -0.39 is 0 Å². The third-order valence-electron chi connectivity index (χ3n) is 3.57. The Balaban J connectivity index is 0.00000176. The van der Waals surface area contributed by atoms with Crippen LogP contribution in [0.3, 0.4) is 0 Å². The molecule has 6 nitrogen and oxygen atoms in total. The molecule has 1 N–H and O–H groups in total. The molecule has 2 heterocycles. The molecule has 1 aromatic carbocycles. The van der Waals surface area contributed by atoms with Crippen molar-refractivity contribution in [3.8, 4) is 5.69 Å². The Hall–Kier alpha value is -1.63. The summed E-state index contributed by atoms with van der Waals surface area (Å²) < 4.78 is 1.53. The fourth-order valence-corrected chi connectivity index (χ4v) is 2.63. The highest BCUT2D eigenvalue weighted by Crippen LogP contribution is 2.19. The van der Waals surface area contributed by atoms with Crippen molar-refractivity contribution in [1.82, 2.24) is 25.2 Å². The molecule has 0 radical (unpaired) electrons. The summed E-state index contributed by atoms with van der Waals surface area (Å²) in [7, 11) is 0. The van der Waals surface area contributed by atoms with E-state index in [0.29, 0.717) is 22.9 Å². The summed E-state index contributed by atoms with van der Waals surface area (Å²) in [5.74, 6) is -0.0951. The Bertz CT molecular complexity index is 660. The van der Waals surface area contributed by atoms with Gasteiger partial charge in [0.1, 0.15) is 0 Å². The normalized spacial score (nSPS) is 17.9. The van der Waals surface area contributed by atoms with Gasteiger partial charge in [-0.1, -0.05) is 28.9 Å². The van der Waals surface area contributed by atoms with Gasteiger partial charge in [-0.25, -0.2) is 4.68 Å². The van der Waals surface area contributed by atoms with Gasteiger partial charge in [0.05, 0.1) is 16.9 Å². The van der Waals surface area contributed by atoms with Gasteiger partial charge in [-0.15, -0.1) is 17.5 Å². The van der Waals surface area contributed by atoms with Gasteiger partial charge in [0, 0.05) is 25.7 Å². The zero-order valence-corrected chi connectivity index (χ0v) is 13.6. The minimum Gasteiger partial charge on any atom is -0.332 e. The van der Waals surface area contributed by atoms with E-state index in [9.17, 15) is 4.79 Å². The van der Waals surface area contributed by atoms with E-state index in [1.165, 1.54) is 4.68 Å². The number of nitrogens with zero attached hydrogens (tertiary/aromatic N) is 4. The van der Waals surface area contributed by atoms with Gasteiger partial charge in [0.25, 0.3) is 5.91 Å². The molecule has 1 fully saturated rings. The predicted molar refractivity (Wildman–Crippen MR) is 87.0 cm³/mol. The number of halogens is 2. The van der Waals surface area contributed by atoms with Crippen LogP contribution in [0, 0.1) is 0 Å². The van der Waals surface area contributed by atoms with E-state index in [4.69, 9.17) is 11.6 Å². The minimum absolute atomic E-state index is 0. The van der Waals surface area contributed by atoms with E-state index in [-0.39, 0.29) is 24.4 Å². The molecule has 0 saturated carbocycles. The highest BCUT2D eigenvalue weighted by Gasteiger charge is 2.26. The van der Waals surface area contributed by atoms with E-state index in [0.717, 1.165) is 13.1 Å². The summed E-state index contributed by atoms with van der Waals surface area (Å²) in [6, 6.07) is 7.47. The summed E-state index contributed by atoms with van der Waals surface area (Å²) >= 11 is 6.13. The van der Waals surface area contributed by atoms with Crippen LogP contribution in [-0.4, -0.2) is 51.5 Å². The third kappa shape index (κ3) is 3.24. The molecular weight excluding hydrogens is 325 g/mol. The molecule has 118 valence electrons. The smallest absolute Gasteiger partial charge is 0.276 e. The van der Waals surface area contributed by atoms with Crippen LogP contribution < -0.4 is 5.32 Å². The first-order chi connectivity index (χ1) is 10.2. The average molecular weight is 342 g/mol. The van der Waals surface area contributed by atoms with Gasteiger partial charge in [-0.2, -0.15) is 0 Å². The van der Waals surface area contributed by atoms with E-state index >= 15 is 0 Å².